The molecule has 18 heavy (non-hydrogen) atoms. The second-order valence-electron chi connectivity index (χ2n) is 3.66. The molecular weight excluding hydrogens is 258 g/mol. The third kappa shape index (κ3) is 2.16. The zero-order chi connectivity index (χ0) is 13.3. The van der Waals surface area contributed by atoms with Gasteiger partial charge in [-0.3, -0.25) is 9.82 Å². The quantitative estimate of drug-likeness (QED) is 0.830. The summed E-state index contributed by atoms with van der Waals surface area (Å²) in [6, 6.07) is 1.49. The molecule has 0 fully saturated rings. The normalized spacial score (nSPS) is 11.5. The lowest BCUT2D eigenvalue weighted by molar-refractivity contribution is 0.373. The van der Waals surface area contributed by atoms with E-state index in [9.17, 15) is 8.42 Å². The van der Waals surface area contributed by atoms with E-state index >= 15 is 0 Å². The average Bonchev–Trinajstić information content (AvgIpc) is 2.84. The molecule has 0 bridgehead atoms. The maximum Gasteiger partial charge on any atom is 0.266 e. The van der Waals surface area contributed by atoms with E-state index in [1.807, 2.05) is 0 Å². The van der Waals surface area contributed by atoms with Crippen LogP contribution in [0.1, 0.15) is 5.69 Å². The van der Waals surface area contributed by atoms with Crippen LogP contribution in [0.15, 0.2) is 17.2 Å². The molecule has 0 unspecified atom stereocenters. The van der Waals surface area contributed by atoms with Crippen LogP contribution in [0.4, 0.5) is 5.82 Å². The van der Waals surface area contributed by atoms with Crippen LogP contribution >= 0.6 is 0 Å². The minimum Gasteiger partial charge on any atom is -0.481 e. The van der Waals surface area contributed by atoms with Gasteiger partial charge in [0.1, 0.15) is 4.90 Å². The minimum atomic E-state index is -3.69. The maximum absolute atomic E-state index is 12.0. The predicted molar refractivity (Wildman–Crippen MR) is 63.9 cm³/mol. The van der Waals surface area contributed by atoms with Gasteiger partial charge in [-0.05, 0) is 6.92 Å². The highest BCUT2D eigenvalue weighted by molar-refractivity contribution is 7.92. The highest BCUT2D eigenvalue weighted by Gasteiger charge is 2.20. The van der Waals surface area contributed by atoms with Gasteiger partial charge in [-0.15, -0.1) is 0 Å². The Morgan fingerprint density at radius 3 is 2.72 bits per heavy atom. The van der Waals surface area contributed by atoms with Gasteiger partial charge in [0, 0.05) is 13.1 Å². The zero-order valence-corrected chi connectivity index (χ0v) is 10.9. The number of ether oxygens (including phenoxy) is 1. The fourth-order valence-electron chi connectivity index (χ4n) is 1.49. The number of aryl methyl sites for hydroxylation is 2. The van der Waals surface area contributed by atoms with Gasteiger partial charge in [0.2, 0.25) is 5.88 Å². The van der Waals surface area contributed by atoms with Gasteiger partial charge in [-0.2, -0.15) is 10.2 Å². The zero-order valence-electron chi connectivity index (χ0n) is 10.1. The van der Waals surface area contributed by atoms with Crippen LogP contribution < -0.4 is 9.46 Å². The summed E-state index contributed by atoms with van der Waals surface area (Å²) in [6.07, 6.45) is 1.25. The van der Waals surface area contributed by atoms with E-state index in [-0.39, 0.29) is 10.7 Å². The number of aromatic amines is 1. The number of sulfonamides is 1. The van der Waals surface area contributed by atoms with Crippen molar-refractivity contribution in [2.45, 2.75) is 11.8 Å². The summed E-state index contributed by atoms with van der Waals surface area (Å²) in [7, 11) is -0.553. The van der Waals surface area contributed by atoms with E-state index in [0.29, 0.717) is 11.6 Å². The maximum atomic E-state index is 12.0. The molecule has 0 amide bonds. The summed E-state index contributed by atoms with van der Waals surface area (Å²) in [5.74, 6) is 0.645. The highest BCUT2D eigenvalue weighted by Crippen LogP contribution is 2.20. The Hall–Kier alpha value is -2.03. The molecule has 2 rings (SSSR count). The van der Waals surface area contributed by atoms with Gasteiger partial charge in [0.05, 0.1) is 19.0 Å². The van der Waals surface area contributed by atoms with E-state index in [1.165, 1.54) is 24.1 Å². The molecule has 2 aromatic heterocycles. The summed E-state index contributed by atoms with van der Waals surface area (Å²) in [5.41, 5.74) is 0.463. The SMILES string of the molecule is COc1cc(NS(=O)(=O)c2cn[nH]c2C)nn1C. The van der Waals surface area contributed by atoms with Crippen LogP contribution in [0.2, 0.25) is 0 Å². The van der Waals surface area contributed by atoms with Crippen LogP contribution in [0, 0.1) is 6.92 Å². The topological polar surface area (TPSA) is 102 Å². The van der Waals surface area contributed by atoms with E-state index in [0.717, 1.165) is 0 Å². The van der Waals surface area contributed by atoms with Crippen LogP contribution in [0.5, 0.6) is 5.88 Å². The highest BCUT2D eigenvalue weighted by atomic mass is 32.2. The van der Waals surface area contributed by atoms with E-state index < -0.39 is 10.0 Å². The number of nitrogens with one attached hydrogen (secondary N) is 2. The smallest absolute Gasteiger partial charge is 0.266 e. The van der Waals surface area contributed by atoms with Gasteiger partial charge in [0.25, 0.3) is 10.0 Å². The molecule has 0 aliphatic carbocycles. The molecule has 9 heteroatoms. The first-order valence-electron chi connectivity index (χ1n) is 5.05. The van der Waals surface area contributed by atoms with Crippen LogP contribution in [0.3, 0.4) is 0 Å². The number of hydrogen-bond donors (Lipinski definition) is 2. The molecule has 0 saturated carbocycles. The van der Waals surface area contributed by atoms with Crippen molar-refractivity contribution in [2.75, 3.05) is 11.8 Å². The van der Waals surface area contributed by atoms with Crippen molar-refractivity contribution >= 4 is 15.8 Å². The Bertz CT molecular complexity index is 658. The Labute approximate surface area is 104 Å². The van der Waals surface area contributed by atoms with Crippen LogP contribution in [-0.4, -0.2) is 35.5 Å². The summed E-state index contributed by atoms with van der Waals surface area (Å²) < 4.78 is 32.9. The van der Waals surface area contributed by atoms with Crippen molar-refractivity contribution in [1.82, 2.24) is 20.0 Å². The Morgan fingerprint density at radius 1 is 1.50 bits per heavy atom. The molecule has 2 heterocycles. The molecular formula is C9H13N5O3S. The third-order valence-corrected chi connectivity index (χ3v) is 3.83. The van der Waals surface area contributed by atoms with Crippen LogP contribution in [-0.2, 0) is 17.1 Å². The summed E-state index contributed by atoms with van der Waals surface area (Å²) >= 11 is 0. The first-order valence-corrected chi connectivity index (χ1v) is 6.53. The van der Waals surface area contributed by atoms with Crippen LogP contribution in [0.25, 0.3) is 0 Å². The number of H-pyrrole nitrogens is 1. The lowest BCUT2D eigenvalue weighted by atomic mass is 10.5. The van der Waals surface area contributed by atoms with Crippen molar-refractivity contribution in [2.24, 2.45) is 7.05 Å². The molecule has 0 spiro atoms. The van der Waals surface area contributed by atoms with E-state index in [1.54, 1.807) is 14.0 Å². The molecule has 0 atom stereocenters. The standard InChI is InChI=1S/C9H13N5O3S/c1-6-7(5-10-11-6)18(15,16)13-8-4-9(17-3)14(2)12-8/h4-5H,1-3H3,(H,10,11)(H,12,13). The van der Waals surface area contributed by atoms with Crippen molar-refractivity contribution in [3.63, 3.8) is 0 Å². The number of hydrogen-bond acceptors (Lipinski definition) is 5. The first-order chi connectivity index (χ1) is 8.44. The van der Waals surface area contributed by atoms with Crippen molar-refractivity contribution < 1.29 is 13.2 Å². The Morgan fingerprint density at radius 2 is 2.22 bits per heavy atom. The number of aromatic nitrogens is 4. The summed E-state index contributed by atoms with van der Waals surface area (Å²) in [5, 5.41) is 10.2. The predicted octanol–water partition coefficient (Wildman–Crippen LogP) is 0.261. The lowest BCUT2D eigenvalue weighted by Crippen LogP contribution is -2.14. The largest absolute Gasteiger partial charge is 0.481 e. The van der Waals surface area contributed by atoms with Gasteiger partial charge in [-0.1, -0.05) is 0 Å². The molecule has 0 radical (unpaired) electrons. The fourth-order valence-corrected chi connectivity index (χ4v) is 2.62. The molecule has 0 aromatic carbocycles. The number of nitrogens with zero attached hydrogens (tertiary/aromatic N) is 3. The number of anilines is 1. The van der Waals surface area contributed by atoms with E-state index in [2.05, 4.69) is 20.0 Å². The molecule has 8 nitrogen and oxygen atoms in total. The average molecular weight is 271 g/mol. The fraction of sp³-hybridized carbons (Fsp3) is 0.333. The molecule has 2 aromatic rings. The molecule has 0 aliphatic rings. The molecule has 0 aliphatic heterocycles. The Balaban J connectivity index is 2.31. The lowest BCUT2D eigenvalue weighted by Gasteiger charge is -2.02. The van der Waals surface area contributed by atoms with Gasteiger partial charge in [0.15, 0.2) is 5.82 Å². The minimum absolute atomic E-state index is 0.0899. The molecule has 98 valence electrons. The third-order valence-electron chi connectivity index (χ3n) is 2.36. The molecule has 2 N–H and O–H groups in total. The Kier molecular flexibility index (Phi) is 2.99. The van der Waals surface area contributed by atoms with Crippen molar-refractivity contribution in [1.29, 1.82) is 0 Å². The first kappa shape index (κ1) is 12.4. The summed E-state index contributed by atoms with van der Waals surface area (Å²) in [6.45, 7) is 1.63. The summed E-state index contributed by atoms with van der Waals surface area (Å²) in [4.78, 5) is 0.0899. The second-order valence-corrected chi connectivity index (χ2v) is 5.31. The number of methoxy groups -OCH3 is 1. The monoisotopic (exact) mass is 271 g/mol. The van der Waals surface area contributed by atoms with Crippen molar-refractivity contribution in [3.05, 3.63) is 18.0 Å². The molecule has 0 saturated heterocycles. The van der Waals surface area contributed by atoms with E-state index in [4.69, 9.17) is 4.74 Å². The second kappa shape index (κ2) is 4.33. The number of rotatable bonds is 4. The van der Waals surface area contributed by atoms with Gasteiger partial charge in [-0.25, -0.2) is 13.1 Å². The van der Waals surface area contributed by atoms with Gasteiger partial charge >= 0.3 is 0 Å². The van der Waals surface area contributed by atoms with Crippen molar-refractivity contribution in [3.8, 4) is 5.88 Å². The van der Waals surface area contributed by atoms with Gasteiger partial charge < -0.3 is 4.74 Å².